The minimum absolute atomic E-state index is 0.172. The lowest BCUT2D eigenvalue weighted by Gasteiger charge is -2.11. The zero-order valence-corrected chi connectivity index (χ0v) is 15.8. The molecule has 0 heterocycles. The van der Waals surface area contributed by atoms with Gasteiger partial charge in [0.15, 0.2) is 18.1 Å². The van der Waals surface area contributed by atoms with E-state index in [0.717, 1.165) is 10.5 Å². The van der Waals surface area contributed by atoms with E-state index in [1.165, 1.54) is 31.0 Å². The van der Waals surface area contributed by atoms with Crippen molar-refractivity contribution in [2.45, 2.75) is 11.8 Å². The molecular weight excluding hydrogens is 368 g/mol. The lowest BCUT2D eigenvalue weighted by atomic mass is 10.2. The molecule has 27 heavy (non-hydrogen) atoms. The average Bonchev–Trinajstić information content (AvgIpc) is 2.70. The Bertz CT molecular complexity index is 808. The van der Waals surface area contributed by atoms with E-state index in [0.29, 0.717) is 23.3 Å². The Hall–Kier alpha value is -3.00. The van der Waals surface area contributed by atoms with Crippen LogP contribution in [0.4, 0.5) is 0 Å². The van der Waals surface area contributed by atoms with E-state index in [1.807, 2.05) is 31.2 Å². The lowest BCUT2D eigenvalue weighted by Crippen LogP contribution is -2.44. The smallest absolute Gasteiger partial charge is 0.276 e. The zero-order valence-electron chi connectivity index (χ0n) is 15.0. The van der Waals surface area contributed by atoms with Crippen molar-refractivity contribution in [2.24, 2.45) is 0 Å². The number of hydrazine groups is 1. The molecule has 7 nitrogen and oxygen atoms in total. The summed E-state index contributed by atoms with van der Waals surface area (Å²) in [7, 11) is 1.43. The van der Waals surface area contributed by atoms with Gasteiger partial charge in [0, 0.05) is 10.5 Å². The number of thioether (sulfide) groups is 1. The summed E-state index contributed by atoms with van der Waals surface area (Å²) in [5, 5.41) is 0. The fourth-order valence-electron chi connectivity index (χ4n) is 2.01. The van der Waals surface area contributed by atoms with Gasteiger partial charge >= 0.3 is 0 Å². The topological polar surface area (TPSA) is 93.7 Å². The number of hydrogen-bond donors (Lipinski definition) is 2. The van der Waals surface area contributed by atoms with Crippen LogP contribution < -0.4 is 20.3 Å². The first-order chi connectivity index (χ1) is 13.0. The number of ether oxygens (including phenoxy) is 2. The number of rotatable bonds is 8. The summed E-state index contributed by atoms with van der Waals surface area (Å²) < 4.78 is 10.5. The highest BCUT2D eigenvalue weighted by Gasteiger charge is 2.10. The second-order valence-corrected chi connectivity index (χ2v) is 6.56. The van der Waals surface area contributed by atoms with Gasteiger partial charge < -0.3 is 9.47 Å². The predicted molar refractivity (Wildman–Crippen MR) is 102 cm³/mol. The average molecular weight is 388 g/mol. The Balaban J connectivity index is 1.73. The summed E-state index contributed by atoms with van der Waals surface area (Å²) in [5.41, 5.74) is 6.19. The number of methoxy groups -OCH3 is 1. The quantitative estimate of drug-likeness (QED) is 0.409. The molecule has 2 aromatic rings. The van der Waals surface area contributed by atoms with Crippen LogP contribution in [0.25, 0.3) is 0 Å². The summed E-state index contributed by atoms with van der Waals surface area (Å²) in [6, 6.07) is 12.4. The molecule has 0 aromatic heterocycles. The number of hydrogen-bond acceptors (Lipinski definition) is 6. The number of benzene rings is 2. The van der Waals surface area contributed by atoms with Crippen molar-refractivity contribution in [3.63, 3.8) is 0 Å². The van der Waals surface area contributed by atoms with Gasteiger partial charge in [-0.25, -0.2) is 0 Å². The van der Waals surface area contributed by atoms with Gasteiger partial charge in [0.2, 0.25) is 5.91 Å². The highest BCUT2D eigenvalue weighted by atomic mass is 32.2. The molecule has 8 heteroatoms. The third-order valence-electron chi connectivity index (χ3n) is 3.41. The highest BCUT2D eigenvalue weighted by molar-refractivity contribution is 8.00. The molecule has 0 saturated heterocycles. The van der Waals surface area contributed by atoms with Crippen molar-refractivity contribution in [1.82, 2.24) is 10.9 Å². The molecule has 0 saturated carbocycles. The largest absolute Gasteiger partial charge is 0.493 e. The van der Waals surface area contributed by atoms with Crippen LogP contribution in [0.5, 0.6) is 11.5 Å². The number of aldehydes is 1. The molecule has 2 N–H and O–H groups in total. The number of carbonyl (C=O) groups is 3. The Morgan fingerprint density at radius 1 is 1.04 bits per heavy atom. The molecule has 0 unspecified atom stereocenters. The summed E-state index contributed by atoms with van der Waals surface area (Å²) in [6.45, 7) is 1.67. The van der Waals surface area contributed by atoms with Gasteiger partial charge in [0.25, 0.3) is 5.91 Å². The van der Waals surface area contributed by atoms with Gasteiger partial charge in [-0.1, -0.05) is 17.7 Å². The molecule has 0 spiro atoms. The van der Waals surface area contributed by atoms with Crippen LogP contribution in [0.3, 0.4) is 0 Å². The molecule has 0 bridgehead atoms. The van der Waals surface area contributed by atoms with Gasteiger partial charge in [0.1, 0.15) is 6.29 Å². The molecule has 2 amide bonds. The van der Waals surface area contributed by atoms with E-state index in [4.69, 9.17) is 9.47 Å². The molecule has 0 aliphatic carbocycles. The van der Waals surface area contributed by atoms with Crippen molar-refractivity contribution < 1.29 is 23.9 Å². The molecule has 0 aliphatic heterocycles. The normalized spacial score (nSPS) is 10.0. The molecule has 0 aliphatic rings. The standard InChI is InChI=1S/C19H20N2O5S/c1-13-3-6-15(7-4-13)27-12-19(24)21-20-18(23)11-26-16-8-5-14(10-22)9-17(16)25-2/h3-10H,11-12H2,1-2H3,(H,20,23)(H,21,24). The van der Waals surface area contributed by atoms with Crippen molar-refractivity contribution in [1.29, 1.82) is 0 Å². The van der Waals surface area contributed by atoms with E-state index in [9.17, 15) is 14.4 Å². The molecule has 142 valence electrons. The Morgan fingerprint density at radius 3 is 2.41 bits per heavy atom. The van der Waals surface area contributed by atoms with Crippen molar-refractivity contribution in [3.05, 3.63) is 53.6 Å². The monoisotopic (exact) mass is 388 g/mol. The fraction of sp³-hybridized carbons (Fsp3) is 0.211. The number of aryl methyl sites for hydroxylation is 1. The van der Waals surface area contributed by atoms with E-state index in [2.05, 4.69) is 10.9 Å². The van der Waals surface area contributed by atoms with Crippen LogP contribution in [0.2, 0.25) is 0 Å². The second-order valence-electron chi connectivity index (χ2n) is 5.51. The number of nitrogens with one attached hydrogen (secondary N) is 2. The van der Waals surface area contributed by atoms with Crippen LogP contribution in [0.15, 0.2) is 47.4 Å². The van der Waals surface area contributed by atoms with Crippen LogP contribution in [-0.2, 0) is 9.59 Å². The fourth-order valence-corrected chi connectivity index (χ4v) is 2.71. The maximum atomic E-state index is 11.8. The van der Waals surface area contributed by atoms with Gasteiger partial charge in [-0.2, -0.15) is 0 Å². The first-order valence-corrected chi connectivity index (χ1v) is 9.03. The van der Waals surface area contributed by atoms with Crippen LogP contribution in [0, 0.1) is 6.92 Å². The lowest BCUT2D eigenvalue weighted by molar-refractivity contribution is -0.128. The minimum Gasteiger partial charge on any atom is -0.493 e. The van der Waals surface area contributed by atoms with E-state index in [-0.39, 0.29) is 18.3 Å². The Morgan fingerprint density at radius 2 is 1.74 bits per heavy atom. The number of carbonyl (C=O) groups excluding carboxylic acids is 3. The van der Waals surface area contributed by atoms with Crippen LogP contribution >= 0.6 is 11.8 Å². The molecule has 0 radical (unpaired) electrons. The minimum atomic E-state index is -0.523. The molecule has 0 atom stereocenters. The Labute approximate surface area is 161 Å². The molecule has 2 aromatic carbocycles. The van der Waals surface area contributed by atoms with Crippen molar-refractivity contribution in [2.75, 3.05) is 19.5 Å². The zero-order chi connectivity index (χ0) is 19.6. The summed E-state index contributed by atoms with van der Waals surface area (Å²) in [6.07, 6.45) is 0.684. The maximum absolute atomic E-state index is 11.8. The summed E-state index contributed by atoms with van der Waals surface area (Å²) in [5.74, 6) is -0.0250. The summed E-state index contributed by atoms with van der Waals surface area (Å²) >= 11 is 1.37. The van der Waals surface area contributed by atoms with Crippen molar-refractivity contribution >= 4 is 29.9 Å². The van der Waals surface area contributed by atoms with E-state index in [1.54, 1.807) is 6.07 Å². The molecule has 0 fully saturated rings. The van der Waals surface area contributed by atoms with Gasteiger partial charge in [-0.15, -0.1) is 11.8 Å². The first-order valence-electron chi connectivity index (χ1n) is 8.05. The highest BCUT2D eigenvalue weighted by Crippen LogP contribution is 2.27. The third kappa shape index (κ3) is 6.67. The van der Waals surface area contributed by atoms with E-state index < -0.39 is 5.91 Å². The van der Waals surface area contributed by atoms with Crippen LogP contribution in [-0.4, -0.2) is 37.6 Å². The van der Waals surface area contributed by atoms with E-state index >= 15 is 0 Å². The second kappa shape index (κ2) is 10.2. The predicted octanol–water partition coefficient (Wildman–Crippen LogP) is 2.13. The number of amides is 2. The molecular formula is C19H20N2O5S. The summed E-state index contributed by atoms with van der Waals surface area (Å²) in [4.78, 5) is 35.3. The maximum Gasteiger partial charge on any atom is 0.276 e. The van der Waals surface area contributed by atoms with Crippen LogP contribution in [0.1, 0.15) is 15.9 Å². The molecule has 2 rings (SSSR count). The van der Waals surface area contributed by atoms with Gasteiger partial charge in [-0.3, -0.25) is 25.2 Å². The third-order valence-corrected chi connectivity index (χ3v) is 4.43. The Kier molecular flexibility index (Phi) is 7.69. The SMILES string of the molecule is COc1cc(C=O)ccc1OCC(=O)NNC(=O)CSc1ccc(C)cc1. The van der Waals surface area contributed by atoms with Gasteiger partial charge in [0.05, 0.1) is 12.9 Å². The van der Waals surface area contributed by atoms with Gasteiger partial charge in [-0.05, 0) is 37.3 Å². The first kappa shape index (κ1) is 20.3. The van der Waals surface area contributed by atoms with Crippen molar-refractivity contribution in [3.8, 4) is 11.5 Å².